The largest absolute Gasteiger partial charge is 0.379 e. The summed E-state index contributed by atoms with van der Waals surface area (Å²) >= 11 is 12.6. The van der Waals surface area contributed by atoms with Crippen molar-refractivity contribution >= 4 is 45.1 Å². The molecule has 36 heavy (non-hydrogen) atoms. The quantitative estimate of drug-likeness (QED) is 0.237. The van der Waals surface area contributed by atoms with Crippen LogP contribution in [0.5, 0.6) is 0 Å². The topological polar surface area (TPSA) is 54.0 Å². The van der Waals surface area contributed by atoms with Crippen LogP contribution in [0.25, 0.3) is 44.3 Å². The van der Waals surface area contributed by atoms with Gasteiger partial charge >= 0.3 is 0 Å². The van der Waals surface area contributed by atoms with Crippen LogP contribution in [0.3, 0.4) is 0 Å². The lowest BCUT2D eigenvalue weighted by Gasteiger charge is -2.09. The van der Waals surface area contributed by atoms with Crippen LogP contribution in [0.15, 0.2) is 59.5 Å². The summed E-state index contributed by atoms with van der Waals surface area (Å²) in [7, 11) is 3.78. The molecule has 0 bridgehead atoms. The highest BCUT2D eigenvalue weighted by atomic mass is 35.5. The highest BCUT2D eigenvalue weighted by Crippen LogP contribution is 2.35. The molecule has 0 amide bonds. The first kappa shape index (κ1) is 23.3. The normalized spacial score (nSPS) is 13.8. The minimum Gasteiger partial charge on any atom is -0.379 e. The molecule has 5 aromatic rings. The van der Waals surface area contributed by atoms with Crippen LogP contribution in [0.1, 0.15) is 12.8 Å². The number of hydrogen-bond donors (Lipinski definition) is 0. The molecule has 2 aromatic carbocycles. The van der Waals surface area contributed by atoms with E-state index >= 15 is 0 Å². The van der Waals surface area contributed by atoms with Gasteiger partial charge in [0.2, 0.25) is 0 Å². The van der Waals surface area contributed by atoms with E-state index in [9.17, 15) is 4.79 Å². The molecule has 0 spiro atoms. The van der Waals surface area contributed by atoms with Crippen molar-refractivity contribution in [2.45, 2.75) is 19.4 Å². The highest BCUT2D eigenvalue weighted by Gasteiger charge is 2.21. The van der Waals surface area contributed by atoms with Crippen LogP contribution in [0.4, 0.5) is 0 Å². The van der Waals surface area contributed by atoms with Gasteiger partial charge in [-0.2, -0.15) is 5.10 Å². The number of aromatic nitrogens is 4. The maximum Gasteiger partial charge on any atom is 0.259 e. The molecule has 1 saturated carbocycles. The Bertz CT molecular complexity index is 1680. The lowest BCUT2D eigenvalue weighted by Crippen LogP contribution is -2.20. The Morgan fingerprint density at radius 3 is 2.58 bits per heavy atom. The predicted molar refractivity (Wildman–Crippen MR) is 146 cm³/mol. The van der Waals surface area contributed by atoms with E-state index in [1.807, 2.05) is 30.1 Å². The number of rotatable bonds is 7. The summed E-state index contributed by atoms with van der Waals surface area (Å²) in [6, 6.07) is 15.5. The van der Waals surface area contributed by atoms with E-state index in [0.717, 1.165) is 52.3 Å². The van der Waals surface area contributed by atoms with E-state index in [4.69, 9.17) is 33.0 Å². The molecular weight excluding hydrogens is 495 g/mol. The number of halogens is 2. The van der Waals surface area contributed by atoms with Crippen molar-refractivity contribution in [1.29, 1.82) is 0 Å². The van der Waals surface area contributed by atoms with Gasteiger partial charge in [0.05, 0.1) is 29.4 Å². The molecule has 1 aliphatic carbocycles. The monoisotopic (exact) mass is 520 g/mol. The van der Waals surface area contributed by atoms with Crippen LogP contribution < -0.4 is 5.56 Å². The zero-order chi connectivity index (χ0) is 25.0. The number of ether oxygens (including phenoxy) is 1. The third kappa shape index (κ3) is 4.13. The molecule has 3 heterocycles. The minimum atomic E-state index is -0.111. The van der Waals surface area contributed by atoms with E-state index in [1.165, 1.54) is 12.8 Å². The zero-order valence-corrected chi connectivity index (χ0v) is 21.7. The molecule has 184 valence electrons. The van der Waals surface area contributed by atoms with E-state index in [1.54, 1.807) is 29.8 Å². The molecule has 0 aliphatic heterocycles. The number of hydrogen-bond acceptors (Lipinski definition) is 3. The van der Waals surface area contributed by atoms with Gasteiger partial charge < -0.3 is 9.30 Å². The summed E-state index contributed by atoms with van der Waals surface area (Å²) in [6.07, 6.45) is 4.59. The Labute approximate surface area is 218 Å². The summed E-state index contributed by atoms with van der Waals surface area (Å²) in [6.45, 7) is 2.26. The van der Waals surface area contributed by atoms with Crippen LogP contribution >= 0.6 is 23.2 Å². The van der Waals surface area contributed by atoms with Crippen molar-refractivity contribution in [3.8, 4) is 22.4 Å². The van der Waals surface area contributed by atoms with E-state index in [2.05, 4.69) is 22.8 Å². The molecule has 8 heteroatoms. The summed E-state index contributed by atoms with van der Waals surface area (Å²) < 4.78 is 11.4. The van der Waals surface area contributed by atoms with Crippen LogP contribution in [0.2, 0.25) is 10.0 Å². The van der Waals surface area contributed by atoms with Gasteiger partial charge in [-0.05, 0) is 55.2 Å². The Balaban J connectivity index is 1.41. The second kappa shape index (κ2) is 9.11. The van der Waals surface area contributed by atoms with E-state index in [-0.39, 0.29) is 5.56 Å². The molecule has 6 nitrogen and oxygen atoms in total. The number of nitrogens with zero attached hydrogens (tertiary/aromatic N) is 4. The maximum absolute atomic E-state index is 13.3. The third-order valence-corrected chi connectivity index (χ3v) is 7.57. The number of benzene rings is 2. The molecule has 0 atom stereocenters. The average Bonchev–Trinajstić information content (AvgIpc) is 3.50. The summed E-state index contributed by atoms with van der Waals surface area (Å²) in [5.74, 6) is 0.765. The number of aryl methyl sites for hydroxylation is 2. The smallest absolute Gasteiger partial charge is 0.259 e. The van der Waals surface area contributed by atoms with Gasteiger partial charge in [-0.25, -0.2) is 0 Å². The van der Waals surface area contributed by atoms with Gasteiger partial charge in [-0.15, -0.1) is 0 Å². The fourth-order valence-corrected chi connectivity index (χ4v) is 5.39. The zero-order valence-electron chi connectivity index (χ0n) is 20.2. The van der Waals surface area contributed by atoms with Gasteiger partial charge in [0.15, 0.2) is 0 Å². The number of fused-ring (bicyclic) bond motifs is 3. The average molecular weight is 521 g/mol. The predicted octanol–water partition coefficient (Wildman–Crippen LogP) is 6.29. The molecule has 1 aliphatic rings. The van der Waals surface area contributed by atoms with E-state index in [0.29, 0.717) is 27.8 Å². The number of pyridine rings is 1. The van der Waals surface area contributed by atoms with Crippen molar-refractivity contribution in [2.75, 3.05) is 13.2 Å². The van der Waals surface area contributed by atoms with Crippen molar-refractivity contribution in [1.82, 2.24) is 18.9 Å². The Morgan fingerprint density at radius 2 is 1.81 bits per heavy atom. The molecule has 0 unspecified atom stereocenters. The fraction of sp³-hybridized carbons (Fsp3) is 0.286. The Hall–Kier alpha value is -3.06. The van der Waals surface area contributed by atoms with Crippen LogP contribution in [-0.4, -0.2) is 32.1 Å². The van der Waals surface area contributed by atoms with Gasteiger partial charge in [0.1, 0.15) is 5.65 Å². The second-order valence-corrected chi connectivity index (χ2v) is 10.4. The first-order chi connectivity index (χ1) is 17.4. The Morgan fingerprint density at radius 1 is 0.972 bits per heavy atom. The third-order valence-electron chi connectivity index (χ3n) is 7.02. The van der Waals surface area contributed by atoms with Crippen molar-refractivity contribution in [3.63, 3.8) is 0 Å². The Kier molecular flexibility index (Phi) is 5.91. The van der Waals surface area contributed by atoms with E-state index < -0.39 is 0 Å². The van der Waals surface area contributed by atoms with Gasteiger partial charge in [-0.1, -0.05) is 35.3 Å². The van der Waals surface area contributed by atoms with Crippen molar-refractivity contribution in [2.24, 2.45) is 20.0 Å². The van der Waals surface area contributed by atoms with Crippen LogP contribution in [0, 0.1) is 5.92 Å². The molecule has 0 saturated heterocycles. The summed E-state index contributed by atoms with van der Waals surface area (Å²) in [5.41, 5.74) is 4.91. The van der Waals surface area contributed by atoms with Gasteiger partial charge in [0.25, 0.3) is 5.56 Å². The first-order valence-corrected chi connectivity index (χ1v) is 12.9. The van der Waals surface area contributed by atoms with Crippen LogP contribution in [-0.2, 0) is 25.4 Å². The first-order valence-electron chi connectivity index (χ1n) is 12.1. The van der Waals surface area contributed by atoms with Crippen molar-refractivity contribution < 1.29 is 4.74 Å². The second-order valence-electron chi connectivity index (χ2n) is 9.56. The molecule has 0 radical (unpaired) electrons. The minimum absolute atomic E-state index is 0.111. The van der Waals surface area contributed by atoms with Gasteiger partial charge in [-0.3, -0.25) is 14.0 Å². The molecule has 1 fully saturated rings. The fourth-order valence-electron chi connectivity index (χ4n) is 4.88. The SMILES string of the molecule is Cn1c(=O)c(-c2ccc(Cl)cc2Cl)cc2c3cc(-c4ccn(CCOCC5CC5)n4)ccc3n(C)c21. The standard InChI is InChI=1S/C28H26Cl2N4O2/c1-32-26-8-5-18(25-9-10-34(31-25)11-12-36-16-17-3-4-17)13-21(26)22-15-23(28(35)33(2)27(22)32)20-7-6-19(29)14-24(20)30/h5-10,13-15,17H,3-4,11-12,16H2,1-2H3. The summed E-state index contributed by atoms with van der Waals surface area (Å²) in [5, 5.41) is 7.78. The lowest BCUT2D eigenvalue weighted by atomic mass is 10.0. The highest BCUT2D eigenvalue weighted by molar-refractivity contribution is 6.36. The van der Waals surface area contributed by atoms with Crippen molar-refractivity contribution in [3.05, 3.63) is 75.1 Å². The molecular formula is C28H26Cl2N4O2. The molecule has 0 N–H and O–H groups in total. The van der Waals surface area contributed by atoms with Gasteiger partial charge in [0, 0.05) is 59.4 Å². The lowest BCUT2D eigenvalue weighted by molar-refractivity contribution is 0.114. The molecule has 3 aromatic heterocycles. The molecule has 6 rings (SSSR count). The maximum atomic E-state index is 13.3. The summed E-state index contributed by atoms with van der Waals surface area (Å²) in [4.78, 5) is 13.3.